The van der Waals surface area contributed by atoms with Gasteiger partial charge in [-0.25, -0.2) is 0 Å². The Balaban J connectivity index is 1.79. The number of nitrogens with zero attached hydrogens (tertiary/aromatic N) is 2. The molecule has 1 aromatic carbocycles. The molecule has 0 spiro atoms. The minimum Gasteiger partial charge on any atom is -0.392 e. The molecule has 0 amide bonds. The zero-order valence-electron chi connectivity index (χ0n) is 11.4. The molecular weight excluding hydrogens is 276 g/mol. The molecule has 5 nitrogen and oxygen atoms in total. The predicted octanol–water partition coefficient (Wildman–Crippen LogP) is 0.746. The molecule has 1 saturated heterocycles. The average molecular weight is 296 g/mol. The molecule has 0 aliphatic carbocycles. The van der Waals surface area contributed by atoms with Gasteiger partial charge in [0.1, 0.15) is 0 Å². The molecule has 6 heteroatoms. The van der Waals surface area contributed by atoms with Crippen molar-refractivity contribution >= 4 is 10.2 Å². The Kier molecular flexibility index (Phi) is 3.81. The summed E-state index contributed by atoms with van der Waals surface area (Å²) in [6, 6.07) is 7.98. The second kappa shape index (κ2) is 5.44. The Bertz CT molecular complexity index is 588. The lowest BCUT2D eigenvalue weighted by Gasteiger charge is -2.36. The third-order valence-corrected chi connectivity index (χ3v) is 6.06. The zero-order valence-corrected chi connectivity index (χ0v) is 12.2. The number of aliphatic hydroxyl groups excluding tert-OH is 1. The van der Waals surface area contributed by atoms with E-state index < -0.39 is 16.3 Å². The third kappa shape index (κ3) is 2.61. The van der Waals surface area contributed by atoms with E-state index in [0.717, 1.165) is 18.4 Å². The van der Waals surface area contributed by atoms with Crippen LogP contribution in [-0.2, 0) is 23.2 Å². The third-order valence-electron chi connectivity index (χ3n) is 4.11. The number of rotatable bonds is 2. The second-order valence-electron chi connectivity index (χ2n) is 5.51. The van der Waals surface area contributed by atoms with Crippen LogP contribution < -0.4 is 0 Å². The van der Waals surface area contributed by atoms with Crippen LogP contribution in [0.5, 0.6) is 0 Å². The lowest BCUT2D eigenvalue weighted by atomic mass is 10.0. The van der Waals surface area contributed by atoms with E-state index in [-0.39, 0.29) is 6.54 Å². The van der Waals surface area contributed by atoms with Gasteiger partial charge in [0.25, 0.3) is 10.2 Å². The molecule has 2 aliphatic heterocycles. The molecule has 1 N–H and O–H groups in total. The molecule has 1 aromatic rings. The van der Waals surface area contributed by atoms with Gasteiger partial charge in [-0.2, -0.15) is 17.0 Å². The van der Waals surface area contributed by atoms with Gasteiger partial charge in [0.2, 0.25) is 0 Å². The van der Waals surface area contributed by atoms with Crippen LogP contribution in [0.15, 0.2) is 24.3 Å². The monoisotopic (exact) mass is 296 g/mol. The predicted molar refractivity (Wildman–Crippen MR) is 76.3 cm³/mol. The quantitative estimate of drug-likeness (QED) is 0.876. The molecule has 1 unspecified atom stereocenters. The fourth-order valence-electron chi connectivity index (χ4n) is 2.96. The topological polar surface area (TPSA) is 60.9 Å². The van der Waals surface area contributed by atoms with Crippen LogP contribution in [0, 0.1) is 0 Å². The minimum atomic E-state index is -3.45. The lowest BCUT2D eigenvalue weighted by molar-refractivity contribution is 0.104. The van der Waals surface area contributed by atoms with Crippen molar-refractivity contribution in [3.8, 4) is 0 Å². The van der Waals surface area contributed by atoms with Crippen molar-refractivity contribution in [1.82, 2.24) is 8.61 Å². The molecule has 1 atom stereocenters. The Morgan fingerprint density at radius 2 is 1.85 bits per heavy atom. The summed E-state index contributed by atoms with van der Waals surface area (Å²) in [7, 11) is -3.45. The summed E-state index contributed by atoms with van der Waals surface area (Å²) in [5.74, 6) is 0. The molecule has 1 fully saturated rings. The van der Waals surface area contributed by atoms with E-state index >= 15 is 0 Å². The van der Waals surface area contributed by atoms with Crippen molar-refractivity contribution in [2.24, 2.45) is 0 Å². The molecule has 3 rings (SSSR count). The number of hydrogen-bond acceptors (Lipinski definition) is 3. The smallest absolute Gasteiger partial charge is 0.282 e. The molecule has 20 heavy (non-hydrogen) atoms. The maximum Gasteiger partial charge on any atom is 0.282 e. The molecule has 2 aliphatic rings. The van der Waals surface area contributed by atoms with Crippen molar-refractivity contribution in [2.45, 2.75) is 31.9 Å². The number of piperidine rings is 1. The highest BCUT2D eigenvalue weighted by Crippen LogP contribution is 2.24. The number of aliphatic hydroxyl groups is 1. The highest BCUT2D eigenvalue weighted by molar-refractivity contribution is 7.86. The van der Waals surface area contributed by atoms with Crippen LogP contribution in [0.4, 0.5) is 0 Å². The molecular formula is C14H20N2O3S. The molecule has 0 radical (unpaired) electrons. The van der Waals surface area contributed by atoms with Gasteiger partial charge in [-0.15, -0.1) is 0 Å². The van der Waals surface area contributed by atoms with E-state index in [2.05, 4.69) is 6.07 Å². The Labute approximate surface area is 120 Å². The van der Waals surface area contributed by atoms with E-state index in [0.29, 0.717) is 26.1 Å². The first-order valence-electron chi connectivity index (χ1n) is 7.07. The van der Waals surface area contributed by atoms with Crippen molar-refractivity contribution < 1.29 is 13.5 Å². The fourth-order valence-corrected chi connectivity index (χ4v) is 4.63. The van der Waals surface area contributed by atoms with Crippen LogP contribution in [0.25, 0.3) is 0 Å². The minimum absolute atomic E-state index is 0.223. The first kappa shape index (κ1) is 14.0. The van der Waals surface area contributed by atoms with Gasteiger partial charge in [-0.05, 0) is 30.4 Å². The normalized spacial score (nSPS) is 25.4. The summed E-state index contributed by atoms with van der Waals surface area (Å²) < 4.78 is 28.2. The Hall–Kier alpha value is -0.950. The van der Waals surface area contributed by atoms with Crippen molar-refractivity contribution in [2.75, 3.05) is 19.6 Å². The van der Waals surface area contributed by atoms with Crippen LogP contribution in [0.1, 0.15) is 24.0 Å². The van der Waals surface area contributed by atoms with E-state index in [4.69, 9.17) is 0 Å². The zero-order chi connectivity index (χ0) is 14.2. The van der Waals surface area contributed by atoms with E-state index in [1.54, 1.807) is 0 Å². The van der Waals surface area contributed by atoms with Gasteiger partial charge in [0.15, 0.2) is 0 Å². The maximum absolute atomic E-state index is 12.6. The van der Waals surface area contributed by atoms with Gasteiger partial charge in [0.05, 0.1) is 6.10 Å². The largest absolute Gasteiger partial charge is 0.392 e. The molecule has 0 bridgehead atoms. The summed E-state index contributed by atoms with van der Waals surface area (Å²) in [6.07, 6.45) is 1.64. The number of β-amino-alcohol motifs (C(OH)–C–C–N with tert-alkyl or cyclic N) is 1. The van der Waals surface area contributed by atoms with Crippen molar-refractivity contribution in [3.05, 3.63) is 35.4 Å². The van der Waals surface area contributed by atoms with Crippen LogP contribution >= 0.6 is 0 Å². The number of benzene rings is 1. The first-order valence-corrected chi connectivity index (χ1v) is 8.47. The fraction of sp³-hybridized carbons (Fsp3) is 0.571. The molecule has 0 aromatic heterocycles. The van der Waals surface area contributed by atoms with E-state index in [1.165, 1.54) is 14.2 Å². The molecule has 0 saturated carbocycles. The molecule has 2 heterocycles. The van der Waals surface area contributed by atoms with Gasteiger partial charge < -0.3 is 5.11 Å². The Morgan fingerprint density at radius 3 is 2.60 bits per heavy atom. The summed E-state index contributed by atoms with van der Waals surface area (Å²) in [5, 5.41) is 9.67. The van der Waals surface area contributed by atoms with Gasteiger partial charge in [-0.1, -0.05) is 24.3 Å². The Morgan fingerprint density at radius 1 is 1.10 bits per heavy atom. The van der Waals surface area contributed by atoms with Crippen molar-refractivity contribution in [1.29, 1.82) is 0 Å². The SMILES string of the molecule is O=S(=O)(N1CCc2ccccc2C1)N1CCCC(O)C1. The summed E-state index contributed by atoms with van der Waals surface area (Å²) in [5.41, 5.74) is 2.32. The van der Waals surface area contributed by atoms with Crippen molar-refractivity contribution in [3.63, 3.8) is 0 Å². The summed E-state index contributed by atoms with van der Waals surface area (Å²) >= 11 is 0. The van der Waals surface area contributed by atoms with Gasteiger partial charge >= 0.3 is 0 Å². The lowest BCUT2D eigenvalue weighted by Crippen LogP contribution is -2.50. The van der Waals surface area contributed by atoms with E-state index in [9.17, 15) is 13.5 Å². The van der Waals surface area contributed by atoms with Crippen LogP contribution in [0.3, 0.4) is 0 Å². The highest BCUT2D eigenvalue weighted by atomic mass is 32.2. The van der Waals surface area contributed by atoms with Gasteiger partial charge in [0, 0.05) is 26.2 Å². The summed E-state index contributed by atoms with van der Waals surface area (Å²) in [6.45, 7) is 1.69. The summed E-state index contributed by atoms with van der Waals surface area (Å²) in [4.78, 5) is 0. The van der Waals surface area contributed by atoms with Gasteiger partial charge in [-0.3, -0.25) is 0 Å². The highest BCUT2D eigenvalue weighted by Gasteiger charge is 2.34. The van der Waals surface area contributed by atoms with E-state index in [1.807, 2.05) is 18.2 Å². The first-order chi connectivity index (χ1) is 9.57. The average Bonchev–Trinajstić information content (AvgIpc) is 2.46. The number of fused-ring (bicyclic) bond motifs is 1. The van der Waals surface area contributed by atoms with Crippen LogP contribution in [-0.4, -0.2) is 47.9 Å². The maximum atomic E-state index is 12.6. The number of hydrogen-bond donors (Lipinski definition) is 1. The van der Waals surface area contributed by atoms with Crippen LogP contribution in [0.2, 0.25) is 0 Å². The standard InChI is InChI=1S/C14H20N2O3S/c17-14-6-3-8-15(11-14)20(18,19)16-9-7-12-4-1-2-5-13(12)10-16/h1-2,4-5,14,17H,3,6-11H2. The molecule has 110 valence electrons. The second-order valence-corrected chi connectivity index (χ2v) is 7.44.